The molecule has 0 bridgehead atoms. The van der Waals surface area contributed by atoms with Crippen LogP contribution in [0.3, 0.4) is 0 Å². The number of hydrogen-bond acceptors (Lipinski definition) is 1. The van der Waals surface area contributed by atoms with Gasteiger partial charge in [0.05, 0.1) is 0 Å². The first kappa shape index (κ1) is 11.0. The molecule has 1 aliphatic rings. The highest BCUT2D eigenvalue weighted by Gasteiger charge is 2.20. The monoisotopic (exact) mass is 287 g/mol. The van der Waals surface area contributed by atoms with Crippen molar-refractivity contribution in [3.05, 3.63) is 33.3 Å². The summed E-state index contributed by atoms with van der Waals surface area (Å²) >= 11 is 9.38. The van der Waals surface area contributed by atoms with Gasteiger partial charge in [-0.3, -0.25) is 4.79 Å². The van der Waals surface area contributed by atoms with E-state index in [2.05, 4.69) is 15.9 Å². The lowest BCUT2D eigenvalue weighted by molar-refractivity contribution is -0.128. The zero-order chi connectivity index (χ0) is 10.8. The normalized spacial score (nSPS) is 16.1. The molecule has 4 heteroatoms. The van der Waals surface area contributed by atoms with Gasteiger partial charge in [0, 0.05) is 29.0 Å². The molecule has 0 radical (unpaired) electrons. The lowest BCUT2D eigenvalue weighted by Gasteiger charge is -2.16. The first-order valence-electron chi connectivity index (χ1n) is 4.88. The van der Waals surface area contributed by atoms with Crippen LogP contribution in [0.1, 0.15) is 18.4 Å². The van der Waals surface area contributed by atoms with Crippen LogP contribution in [0.15, 0.2) is 22.7 Å². The largest absolute Gasteiger partial charge is 0.338 e. The fourth-order valence-corrected chi connectivity index (χ4v) is 2.31. The van der Waals surface area contributed by atoms with E-state index in [0.29, 0.717) is 18.0 Å². The van der Waals surface area contributed by atoms with Crippen LogP contribution in [-0.2, 0) is 11.3 Å². The molecule has 1 amide bonds. The molecule has 1 aromatic carbocycles. The van der Waals surface area contributed by atoms with Crippen LogP contribution in [0.25, 0.3) is 0 Å². The van der Waals surface area contributed by atoms with E-state index in [-0.39, 0.29) is 5.91 Å². The smallest absolute Gasteiger partial charge is 0.222 e. The first-order chi connectivity index (χ1) is 7.16. The third-order valence-electron chi connectivity index (χ3n) is 2.54. The number of carbonyl (C=O) groups excluding carboxylic acids is 1. The van der Waals surface area contributed by atoms with Crippen LogP contribution in [0.2, 0.25) is 5.02 Å². The lowest BCUT2D eigenvalue weighted by Crippen LogP contribution is -2.23. The van der Waals surface area contributed by atoms with Crippen LogP contribution in [0.5, 0.6) is 0 Å². The van der Waals surface area contributed by atoms with Gasteiger partial charge in [-0.1, -0.05) is 27.5 Å². The summed E-state index contributed by atoms with van der Waals surface area (Å²) in [5.74, 6) is 0.238. The zero-order valence-electron chi connectivity index (χ0n) is 8.17. The van der Waals surface area contributed by atoms with Gasteiger partial charge in [-0.2, -0.15) is 0 Å². The molecule has 2 rings (SSSR count). The zero-order valence-corrected chi connectivity index (χ0v) is 10.5. The van der Waals surface area contributed by atoms with Crippen molar-refractivity contribution in [1.29, 1.82) is 0 Å². The van der Waals surface area contributed by atoms with Crippen LogP contribution in [0.4, 0.5) is 0 Å². The van der Waals surface area contributed by atoms with Gasteiger partial charge in [-0.15, -0.1) is 0 Å². The van der Waals surface area contributed by atoms with Crippen molar-refractivity contribution in [2.45, 2.75) is 19.4 Å². The molecular weight excluding hydrogens is 277 g/mol. The fraction of sp³-hybridized carbons (Fsp3) is 0.364. The summed E-state index contributed by atoms with van der Waals surface area (Å²) in [4.78, 5) is 13.3. The standard InChI is InChI=1S/C11H11BrClNO/c12-10-4-3-9(13)6-8(10)7-14-5-1-2-11(14)15/h3-4,6H,1-2,5,7H2. The predicted octanol–water partition coefficient (Wildman–Crippen LogP) is 3.22. The molecule has 0 saturated carbocycles. The summed E-state index contributed by atoms with van der Waals surface area (Å²) in [6.45, 7) is 1.51. The molecular formula is C11H11BrClNO. The number of rotatable bonds is 2. The van der Waals surface area contributed by atoms with Crippen molar-refractivity contribution >= 4 is 33.4 Å². The molecule has 1 saturated heterocycles. The van der Waals surface area contributed by atoms with Gasteiger partial charge in [0.2, 0.25) is 5.91 Å². The fourth-order valence-electron chi connectivity index (χ4n) is 1.74. The maximum absolute atomic E-state index is 11.5. The summed E-state index contributed by atoms with van der Waals surface area (Å²) in [5, 5.41) is 0.708. The van der Waals surface area contributed by atoms with E-state index in [0.717, 1.165) is 23.0 Å². The summed E-state index contributed by atoms with van der Waals surface area (Å²) in [6, 6.07) is 5.65. The Morgan fingerprint density at radius 2 is 2.27 bits per heavy atom. The molecule has 0 aliphatic carbocycles. The molecule has 0 spiro atoms. The number of nitrogens with zero attached hydrogens (tertiary/aromatic N) is 1. The van der Waals surface area contributed by atoms with E-state index >= 15 is 0 Å². The van der Waals surface area contributed by atoms with Crippen LogP contribution < -0.4 is 0 Å². The molecule has 0 atom stereocenters. The van der Waals surface area contributed by atoms with Gasteiger partial charge in [0.15, 0.2) is 0 Å². The average molecular weight is 289 g/mol. The van der Waals surface area contributed by atoms with E-state index in [1.807, 2.05) is 23.1 Å². The van der Waals surface area contributed by atoms with Gasteiger partial charge in [-0.05, 0) is 30.2 Å². The Kier molecular flexibility index (Phi) is 3.32. The Bertz CT molecular complexity index is 394. The van der Waals surface area contributed by atoms with E-state index in [4.69, 9.17) is 11.6 Å². The topological polar surface area (TPSA) is 20.3 Å². The molecule has 0 aromatic heterocycles. The molecule has 1 fully saturated rings. The highest BCUT2D eigenvalue weighted by Crippen LogP contribution is 2.24. The molecule has 1 aliphatic heterocycles. The summed E-state index contributed by atoms with van der Waals surface area (Å²) in [7, 11) is 0. The van der Waals surface area contributed by atoms with E-state index in [9.17, 15) is 4.79 Å². The third kappa shape index (κ3) is 2.52. The van der Waals surface area contributed by atoms with Gasteiger partial charge in [0.25, 0.3) is 0 Å². The maximum atomic E-state index is 11.5. The van der Waals surface area contributed by atoms with Gasteiger partial charge in [-0.25, -0.2) is 0 Å². The third-order valence-corrected chi connectivity index (χ3v) is 3.55. The lowest BCUT2D eigenvalue weighted by atomic mass is 10.2. The minimum Gasteiger partial charge on any atom is -0.338 e. The highest BCUT2D eigenvalue weighted by molar-refractivity contribution is 9.10. The maximum Gasteiger partial charge on any atom is 0.222 e. The van der Waals surface area contributed by atoms with Crippen molar-refractivity contribution in [3.8, 4) is 0 Å². The highest BCUT2D eigenvalue weighted by atomic mass is 79.9. The van der Waals surface area contributed by atoms with Gasteiger partial charge in [0.1, 0.15) is 0 Å². The van der Waals surface area contributed by atoms with Crippen molar-refractivity contribution < 1.29 is 4.79 Å². The quantitative estimate of drug-likeness (QED) is 0.818. The molecule has 0 N–H and O–H groups in total. The van der Waals surface area contributed by atoms with Crippen LogP contribution in [-0.4, -0.2) is 17.4 Å². The summed E-state index contributed by atoms with van der Waals surface area (Å²) < 4.78 is 1.01. The van der Waals surface area contributed by atoms with E-state index in [1.165, 1.54) is 0 Å². The number of benzene rings is 1. The Balaban J connectivity index is 2.16. The molecule has 1 heterocycles. The second-order valence-corrected chi connectivity index (χ2v) is 4.95. The van der Waals surface area contributed by atoms with Crippen molar-refractivity contribution in [2.24, 2.45) is 0 Å². The minimum absolute atomic E-state index is 0.238. The summed E-state index contributed by atoms with van der Waals surface area (Å²) in [6.07, 6.45) is 1.65. The Morgan fingerprint density at radius 1 is 1.47 bits per heavy atom. The first-order valence-corrected chi connectivity index (χ1v) is 6.05. The van der Waals surface area contributed by atoms with Crippen molar-refractivity contribution in [2.75, 3.05) is 6.54 Å². The van der Waals surface area contributed by atoms with E-state index < -0.39 is 0 Å². The molecule has 0 unspecified atom stereocenters. The van der Waals surface area contributed by atoms with E-state index in [1.54, 1.807) is 0 Å². The number of halogens is 2. The second-order valence-electron chi connectivity index (χ2n) is 3.65. The molecule has 80 valence electrons. The number of hydrogen-bond donors (Lipinski definition) is 0. The SMILES string of the molecule is O=C1CCCN1Cc1cc(Cl)ccc1Br. The number of likely N-dealkylation sites (tertiary alicyclic amines) is 1. The van der Waals surface area contributed by atoms with Crippen LogP contribution in [0, 0.1) is 0 Å². The molecule has 2 nitrogen and oxygen atoms in total. The Hall–Kier alpha value is -0.540. The molecule has 1 aromatic rings. The van der Waals surface area contributed by atoms with Crippen molar-refractivity contribution in [1.82, 2.24) is 4.90 Å². The van der Waals surface area contributed by atoms with Crippen LogP contribution >= 0.6 is 27.5 Å². The van der Waals surface area contributed by atoms with Gasteiger partial charge < -0.3 is 4.90 Å². The van der Waals surface area contributed by atoms with Gasteiger partial charge >= 0.3 is 0 Å². The summed E-state index contributed by atoms with van der Waals surface area (Å²) in [5.41, 5.74) is 1.07. The number of carbonyl (C=O) groups is 1. The number of amides is 1. The second kappa shape index (κ2) is 4.54. The Morgan fingerprint density at radius 3 is 2.93 bits per heavy atom. The minimum atomic E-state index is 0.238. The Labute approximate surface area is 102 Å². The average Bonchev–Trinajstić information content (AvgIpc) is 2.58. The molecule has 15 heavy (non-hydrogen) atoms. The predicted molar refractivity (Wildman–Crippen MR) is 63.8 cm³/mol. The van der Waals surface area contributed by atoms with Crippen molar-refractivity contribution in [3.63, 3.8) is 0 Å².